The quantitative estimate of drug-likeness (QED) is 0.576. The number of hydrogen-bond donors (Lipinski definition) is 0. The second-order valence-electron chi connectivity index (χ2n) is 1.88. The van der Waals surface area contributed by atoms with Gasteiger partial charge < -0.3 is 4.74 Å². The molecule has 1 aromatic rings. The Morgan fingerprint density at radius 2 is 2.10 bits per heavy atom. The highest BCUT2D eigenvalue weighted by molar-refractivity contribution is 5.12. The molecule has 3 nitrogen and oxygen atoms in total. The van der Waals surface area contributed by atoms with Crippen LogP contribution in [-0.2, 0) is 0 Å². The molecule has 1 rings (SSSR count). The molecule has 52 valence electrons. The lowest BCUT2D eigenvalue weighted by molar-refractivity contribution is 0.426. The van der Waals surface area contributed by atoms with E-state index in [4.69, 9.17) is 4.74 Å². The summed E-state index contributed by atoms with van der Waals surface area (Å²) in [4.78, 5) is 7.52. The van der Waals surface area contributed by atoms with E-state index in [9.17, 15) is 0 Å². The second kappa shape index (κ2) is 2.96. The van der Waals surface area contributed by atoms with Crippen molar-refractivity contribution >= 4 is 0 Å². The Morgan fingerprint density at radius 3 is 2.60 bits per heavy atom. The first-order valence-corrected chi connectivity index (χ1v) is 2.87. The summed E-state index contributed by atoms with van der Waals surface area (Å²) < 4.78 is 5.09. The lowest BCUT2D eigenvalue weighted by atomic mass is 10.6. The number of ether oxygens (including phenoxy) is 1. The van der Waals surface area contributed by atoms with Crippen LogP contribution in [0.2, 0.25) is 0 Å². The van der Waals surface area contributed by atoms with Crippen LogP contribution < -0.4 is 4.74 Å². The van der Waals surface area contributed by atoms with Crippen molar-refractivity contribution in [3.05, 3.63) is 31.1 Å². The Morgan fingerprint density at radius 1 is 1.50 bits per heavy atom. The predicted molar refractivity (Wildman–Crippen MR) is 37.5 cm³/mol. The van der Waals surface area contributed by atoms with Gasteiger partial charge in [-0.2, -0.15) is 0 Å². The number of nitrogens with zero attached hydrogens (tertiary/aromatic N) is 2. The zero-order chi connectivity index (χ0) is 7.40. The fourth-order valence-corrected chi connectivity index (χ4v) is 0.539. The lowest BCUT2D eigenvalue weighted by Gasteiger charge is -2.00. The van der Waals surface area contributed by atoms with Gasteiger partial charge in [0.15, 0.2) is 5.75 Å². The molecule has 0 N–H and O–H groups in total. The van der Waals surface area contributed by atoms with Crippen LogP contribution >= 0.6 is 0 Å². The largest absolute Gasteiger partial charge is 0.459 e. The number of aromatic nitrogens is 2. The van der Waals surface area contributed by atoms with Crippen LogP contribution in [0.3, 0.4) is 0 Å². The smallest absolute Gasteiger partial charge is 0.163 e. The normalized spacial score (nSPS) is 8.90. The van der Waals surface area contributed by atoms with Crippen molar-refractivity contribution in [3.8, 4) is 5.75 Å². The minimum atomic E-state index is 0.620. The molecule has 0 radical (unpaired) electrons. The van der Waals surface area contributed by atoms with Crippen LogP contribution in [0.15, 0.2) is 31.1 Å². The first kappa shape index (κ1) is 6.74. The Bertz CT molecular complexity index is 220. The molecule has 0 aliphatic rings. The Kier molecular flexibility index (Phi) is 1.99. The van der Waals surface area contributed by atoms with E-state index in [1.807, 2.05) is 0 Å². The van der Waals surface area contributed by atoms with Gasteiger partial charge in [-0.25, -0.2) is 9.97 Å². The maximum Gasteiger partial charge on any atom is 0.163 e. The Balaban J connectivity index is 2.67. The maximum atomic E-state index is 5.09. The minimum Gasteiger partial charge on any atom is -0.459 e. The average molecular weight is 136 g/mol. The van der Waals surface area contributed by atoms with Crippen LogP contribution in [0.1, 0.15) is 6.92 Å². The molecule has 0 aliphatic heterocycles. The third-order valence-corrected chi connectivity index (χ3v) is 0.829. The van der Waals surface area contributed by atoms with E-state index in [2.05, 4.69) is 16.5 Å². The van der Waals surface area contributed by atoms with Gasteiger partial charge in [0.25, 0.3) is 0 Å². The third kappa shape index (κ3) is 1.85. The van der Waals surface area contributed by atoms with E-state index in [0.717, 1.165) is 0 Å². The van der Waals surface area contributed by atoms with Gasteiger partial charge in [-0.15, -0.1) is 0 Å². The topological polar surface area (TPSA) is 35.0 Å². The fourth-order valence-electron chi connectivity index (χ4n) is 0.539. The zero-order valence-electron chi connectivity index (χ0n) is 5.74. The molecule has 0 bridgehead atoms. The van der Waals surface area contributed by atoms with Crippen molar-refractivity contribution in [2.45, 2.75) is 6.92 Å². The summed E-state index contributed by atoms with van der Waals surface area (Å²) in [5.74, 6) is 1.25. The monoisotopic (exact) mass is 136 g/mol. The Hall–Kier alpha value is -1.38. The molecule has 0 saturated heterocycles. The van der Waals surface area contributed by atoms with Crippen molar-refractivity contribution in [2.75, 3.05) is 0 Å². The Labute approximate surface area is 59.4 Å². The molecule has 10 heavy (non-hydrogen) atoms. The van der Waals surface area contributed by atoms with Crippen LogP contribution in [0.5, 0.6) is 5.75 Å². The third-order valence-electron chi connectivity index (χ3n) is 0.829. The molecule has 0 saturated carbocycles. The van der Waals surface area contributed by atoms with Gasteiger partial charge in [0.05, 0.1) is 18.2 Å². The molecule has 1 heterocycles. The van der Waals surface area contributed by atoms with E-state index in [1.165, 1.54) is 6.33 Å². The summed E-state index contributed by atoms with van der Waals surface area (Å²) in [6.07, 6.45) is 4.62. The van der Waals surface area contributed by atoms with Gasteiger partial charge in [0, 0.05) is 0 Å². The highest BCUT2D eigenvalue weighted by Gasteiger charge is 1.90. The SMILES string of the molecule is C=C(C)Oc1cncnc1. The summed E-state index contributed by atoms with van der Waals surface area (Å²) >= 11 is 0. The summed E-state index contributed by atoms with van der Waals surface area (Å²) in [6, 6.07) is 0. The lowest BCUT2D eigenvalue weighted by Crippen LogP contribution is -1.89. The summed E-state index contributed by atoms with van der Waals surface area (Å²) in [5, 5.41) is 0. The standard InChI is InChI=1S/C7H8N2O/c1-6(2)10-7-3-8-5-9-4-7/h3-5H,1H2,2H3. The first-order chi connectivity index (χ1) is 4.79. The maximum absolute atomic E-state index is 5.09. The molecular weight excluding hydrogens is 128 g/mol. The van der Waals surface area contributed by atoms with Crippen molar-refractivity contribution in [1.29, 1.82) is 0 Å². The second-order valence-corrected chi connectivity index (χ2v) is 1.88. The average Bonchev–Trinajstić information content (AvgIpc) is 1.88. The fraction of sp³-hybridized carbons (Fsp3) is 0.143. The molecule has 3 heteroatoms. The molecule has 0 aliphatic carbocycles. The van der Waals surface area contributed by atoms with Crippen LogP contribution in [0, 0.1) is 0 Å². The number of rotatable bonds is 2. The molecular formula is C7H8N2O. The highest BCUT2D eigenvalue weighted by atomic mass is 16.5. The predicted octanol–water partition coefficient (Wildman–Crippen LogP) is 1.39. The van der Waals surface area contributed by atoms with Gasteiger partial charge >= 0.3 is 0 Å². The molecule has 1 aromatic heterocycles. The van der Waals surface area contributed by atoms with Crippen molar-refractivity contribution in [3.63, 3.8) is 0 Å². The molecule has 0 fully saturated rings. The van der Waals surface area contributed by atoms with Crippen molar-refractivity contribution < 1.29 is 4.74 Å². The minimum absolute atomic E-state index is 0.620. The van der Waals surface area contributed by atoms with Crippen molar-refractivity contribution in [2.24, 2.45) is 0 Å². The van der Waals surface area contributed by atoms with Crippen LogP contribution in [0.25, 0.3) is 0 Å². The van der Waals surface area contributed by atoms with E-state index < -0.39 is 0 Å². The van der Waals surface area contributed by atoms with Gasteiger partial charge in [0.2, 0.25) is 0 Å². The molecule has 0 atom stereocenters. The molecule has 0 spiro atoms. The van der Waals surface area contributed by atoms with E-state index >= 15 is 0 Å². The van der Waals surface area contributed by atoms with Gasteiger partial charge in [-0.1, -0.05) is 6.58 Å². The van der Waals surface area contributed by atoms with E-state index in [-0.39, 0.29) is 0 Å². The number of allylic oxidation sites excluding steroid dienone is 1. The van der Waals surface area contributed by atoms with Crippen LogP contribution in [0.4, 0.5) is 0 Å². The van der Waals surface area contributed by atoms with Gasteiger partial charge in [-0.3, -0.25) is 0 Å². The van der Waals surface area contributed by atoms with Crippen molar-refractivity contribution in [1.82, 2.24) is 9.97 Å². The number of hydrogen-bond acceptors (Lipinski definition) is 3. The summed E-state index contributed by atoms with van der Waals surface area (Å²) in [6.45, 7) is 5.34. The van der Waals surface area contributed by atoms with Gasteiger partial charge in [-0.05, 0) is 6.92 Å². The zero-order valence-corrected chi connectivity index (χ0v) is 5.74. The van der Waals surface area contributed by atoms with Crippen LogP contribution in [-0.4, -0.2) is 9.97 Å². The van der Waals surface area contributed by atoms with E-state index in [1.54, 1.807) is 19.3 Å². The first-order valence-electron chi connectivity index (χ1n) is 2.87. The highest BCUT2D eigenvalue weighted by Crippen LogP contribution is 2.06. The molecule has 0 amide bonds. The molecule has 0 aromatic carbocycles. The van der Waals surface area contributed by atoms with E-state index in [0.29, 0.717) is 11.5 Å². The molecule has 0 unspecified atom stereocenters. The van der Waals surface area contributed by atoms with Gasteiger partial charge in [0.1, 0.15) is 6.33 Å². The summed E-state index contributed by atoms with van der Waals surface area (Å²) in [5.41, 5.74) is 0. The summed E-state index contributed by atoms with van der Waals surface area (Å²) in [7, 11) is 0.